The van der Waals surface area contributed by atoms with E-state index in [0.717, 1.165) is 17.7 Å². The molecule has 0 radical (unpaired) electrons. The topological polar surface area (TPSA) is 31.4 Å². The van der Waals surface area contributed by atoms with Gasteiger partial charge in [0, 0.05) is 42.8 Å². The van der Waals surface area contributed by atoms with E-state index in [2.05, 4.69) is 23.2 Å². The van der Waals surface area contributed by atoms with Crippen LogP contribution >= 0.6 is 11.8 Å². The molecular formula is C16H19NO2S. The number of rotatable bonds is 7. The summed E-state index contributed by atoms with van der Waals surface area (Å²) in [6.07, 6.45) is 4.46. The van der Waals surface area contributed by atoms with Crippen molar-refractivity contribution >= 4 is 11.8 Å². The molecule has 0 fully saturated rings. The lowest BCUT2D eigenvalue weighted by atomic mass is 10.2. The van der Waals surface area contributed by atoms with Crippen molar-refractivity contribution in [2.75, 3.05) is 20.0 Å². The van der Waals surface area contributed by atoms with Crippen LogP contribution in [0.2, 0.25) is 0 Å². The van der Waals surface area contributed by atoms with E-state index in [1.165, 1.54) is 10.5 Å². The second-order valence-electron chi connectivity index (χ2n) is 4.33. The fourth-order valence-corrected chi connectivity index (χ4v) is 2.82. The van der Waals surface area contributed by atoms with E-state index >= 15 is 0 Å². The minimum absolute atomic E-state index is 0.288. The molecule has 3 nitrogen and oxygen atoms in total. The summed E-state index contributed by atoms with van der Waals surface area (Å²) in [6.45, 7) is 0. The maximum Gasteiger partial charge on any atom is 0.183 e. The molecule has 0 bridgehead atoms. The summed E-state index contributed by atoms with van der Waals surface area (Å²) in [5.74, 6) is 1.04. The standard InChI is InChI=1S/C16H19NO2S/c1-18-16(19-2)14-5-7-15(8-6-14)20-11-9-13-4-3-10-17-12-13/h3-8,10,12,16H,9,11H2,1-2H3. The molecule has 1 heterocycles. The van der Waals surface area contributed by atoms with E-state index in [1.54, 1.807) is 20.4 Å². The van der Waals surface area contributed by atoms with Gasteiger partial charge in [0.05, 0.1) is 0 Å². The first-order chi connectivity index (χ1) is 9.83. The largest absolute Gasteiger partial charge is 0.352 e. The van der Waals surface area contributed by atoms with Gasteiger partial charge in [-0.15, -0.1) is 11.8 Å². The molecule has 0 N–H and O–H groups in total. The van der Waals surface area contributed by atoms with Gasteiger partial charge in [0.1, 0.15) is 0 Å². The van der Waals surface area contributed by atoms with Crippen LogP contribution in [0.25, 0.3) is 0 Å². The molecule has 0 saturated carbocycles. The van der Waals surface area contributed by atoms with Crippen molar-refractivity contribution in [1.29, 1.82) is 0 Å². The first kappa shape index (κ1) is 15.0. The third-order valence-electron chi connectivity index (χ3n) is 2.96. The number of benzene rings is 1. The number of nitrogens with zero attached hydrogens (tertiary/aromatic N) is 1. The molecule has 1 aromatic heterocycles. The SMILES string of the molecule is COC(OC)c1ccc(SCCc2cccnc2)cc1. The van der Waals surface area contributed by atoms with Crippen LogP contribution in [0.1, 0.15) is 17.4 Å². The van der Waals surface area contributed by atoms with Crippen LogP contribution in [0.4, 0.5) is 0 Å². The monoisotopic (exact) mass is 289 g/mol. The average Bonchev–Trinajstić information content (AvgIpc) is 2.51. The highest BCUT2D eigenvalue weighted by Gasteiger charge is 2.07. The van der Waals surface area contributed by atoms with Gasteiger partial charge in [-0.2, -0.15) is 0 Å². The van der Waals surface area contributed by atoms with E-state index < -0.39 is 0 Å². The Bertz CT molecular complexity index is 498. The zero-order valence-electron chi connectivity index (χ0n) is 11.8. The van der Waals surface area contributed by atoms with Crippen LogP contribution < -0.4 is 0 Å². The highest BCUT2D eigenvalue weighted by atomic mass is 32.2. The number of thioether (sulfide) groups is 1. The number of pyridine rings is 1. The van der Waals surface area contributed by atoms with Crippen LogP contribution in [-0.2, 0) is 15.9 Å². The molecule has 0 spiro atoms. The Balaban J connectivity index is 1.85. The molecule has 106 valence electrons. The molecule has 4 heteroatoms. The summed E-state index contributed by atoms with van der Waals surface area (Å²) in [4.78, 5) is 5.38. The first-order valence-electron chi connectivity index (χ1n) is 6.50. The van der Waals surface area contributed by atoms with Crippen molar-refractivity contribution in [2.24, 2.45) is 0 Å². The smallest absolute Gasteiger partial charge is 0.183 e. The van der Waals surface area contributed by atoms with Crippen LogP contribution in [0, 0.1) is 0 Å². The Hall–Kier alpha value is -1.36. The molecule has 1 aromatic carbocycles. The molecule has 0 amide bonds. The van der Waals surface area contributed by atoms with Crippen LogP contribution in [-0.4, -0.2) is 25.0 Å². The van der Waals surface area contributed by atoms with Crippen LogP contribution in [0.3, 0.4) is 0 Å². The lowest BCUT2D eigenvalue weighted by Crippen LogP contribution is -2.03. The average molecular weight is 289 g/mol. The van der Waals surface area contributed by atoms with Gasteiger partial charge in [-0.3, -0.25) is 4.98 Å². The summed E-state index contributed by atoms with van der Waals surface area (Å²) in [5.41, 5.74) is 2.31. The van der Waals surface area contributed by atoms with E-state index in [4.69, 9.17) is 9.47 Å². The Labute approximate surface area is 124 Å². The number of hydrogen-bond donors (Lipinski definition) is 0. The van der Waals surface area contributed by atoms with E-state index in [1.807, 2.05) is 36.2 Å². The Morgan fingerprint density at radius 2 is 1.85 bits per heavy atom. The molecule has 2 aromatic rings. The summed E-state index contributed by atoms with van der Waals surface area (Å²) >= 11 is 1.84. The van der Waals surface area contributed by atoms with Crippen molar-refractivity contribution in [3.63, 3.8) is 0 Å². The first-order valence-corrected chi connectivity index (χ1v) is 7.49. The quantitative estimate of drug-likeness (QED) is 0.574. The summed E-state index contributed by atoms with van der Waals surface area (Å²) in [6, 6.07) is 12.4. The van der Waals surface area contributed by atoms with Gasteiger partial charge in [0.2, 0.25) is 0 Å². The lowest BCUT2D eigenvalue weighted by molar-refractivity contribution is -0.106. The molecule has 0 atom stereocenters. The van der Waals surface area contributed by atoms with Crippen LogP contribution in [0.15, 0.2) is 53.7 Å². The third kappa shape index (κ3) is 4.34. The zero-order chi connectivity index (χ0) is 14.2. The van der Waals surface area contributed by atoms with Crippen LogP contribution in [0.5, 0.6) is 0 Å². The summed E-state index contributed by atoms with van der Waals surface area (Å²) in [5, 5.41) is 0. The molecule has 0 unspecified atom stereocenters. The Morgan fingerprint density at radius 1 is 1.10 bits per heavy atom. The number of methoxy groups -OCH3 is 2. The third-order valence-corrected chi connectivity index (χ3v) is 3.98. The van der Waals surface area contributed by atoms with E-state index in [9.17, 15) is 0 Å². The molecule has 0 saturated heterocycles. The minimum Gasteiger partial charge on any atom is -0.352 e. The van der Waals surface area contributed by atoms with Crippen molar-refractivity contribution in [3.05, 3.63) is 59.9 Å². The van der Waals surface area contributed by atoms with Gasteiger partial charge in [0.25, 0.3) is 0 Å². The highest BCUT2D eigenvalue weighted by molar-refractivity contribution is 7.99. The van der Waals surface area contributed by atoms with E-state index in [-0.39, 0.29) is 6.29 Å². The maximum atomic E-state index is 5.23. The van der Waals surface area contributed by atoms with Gasteiger partial charge in [-0.25, -0.2) is 0 Å². The predicted molar refractivity (Wildman–Crippen MR) is 81.9 cm³/mol. The number of ether oxygens (including phenoxy) is 2. The molecular weight excluding hydrogens is 270 g/mol. The van der Waals surface area contributed by atoms with Gasteiger partial charge in [-0.05, 0) is 30.2 Å². The Morgan fingerprint density at radius 3 is 2.45 bits per heavy atom. The second-order valence-corrected chi connectivity index (χ2v) is 5.50. The summed E-state index contributed by atoms with van der Waals surface area (Å²) in [7, 11) is 3.29. The van der Waals surface area contributed by atoms with Gasteiger partial charge < -0.3 is 9.47 Å². The van der Waals surface area contributed by atoms with Crippen molar-refractivity contribution < 1.29 is 9.47 Å². The summed E-state index contributed by atoms with van der Waals surface area (Å²) < 4.78 is 10.5. The van der Waals surface area contributed by atoms with E-state index in [0.29, 0.717) is 0 Å². The number of aryl methyl sites for hydroxylation is 1. The molecule has 0 aliphatic heterocycles. The fraction of sp³-hybridized carbons (Fsp3) is 0.312. The minimum atomic E-state index is -0.288. The van der Waals surface area contributed by atoms with Gasteiger partial charge in [0.15, 0.2) is 6.29 Å². The normalized spacial score (nSPS) is 10.9. The number of aromatic nitrogens is 1. The van der Waals surface area contributed by atoms with Gasteiger partial charge in [-0.1, -0.05) is 18.2 Å². The molecule has 0 aliphatic rings. The highest BCUT2D eigenvalue weighted by Crippen LogP contribution is 2.23. The molecule has 0 aliphatic carbocycles. The Kier molecular flexibility index (Phi) is 6.05. The molecule has 20 heavy (non-hydrogen) atoms. The van der Waals surface area contributed by atoms with Crippen molar-refractivity contribution in [2.45, 2.75) is 17.6 Å². The van der Waals surface area contributed by atoms with Gasteiger partial charge >= 0.3 is 0 Å². The molecule has 2 rings (SSSR count). The fourth-order valence-electron chi connectivity index (χ4n) is 1.92. The van der Waals surface area contributed by atoms with Crippen molar-refractivity contribution in [1.82, 2.24) is 4.98 Å². The second kappa shape index (κ2) is 8.04. The lowest BCUT2D eigenvalue weighted by Gasteiger charge is -2.13. The number of hydrogen-bond acceptors (Lipinski definition) is 4. The maximum absolute atomic E-state index is 5.23. The predicted octanol–water partition coefficient (Wildman–Crippen LogP) is 3.71. The van der Waals surface area contributed by atoms with Crippen molar-refractivity contribution in [3.8, 4) is 0 Å². The zero-order valence-corrected chi connectivity index (χ0v) is 12.6.